The first-order valence-electron chi connectivity index (χ1n) is 7.04. The van der Waals surface area contributed by atoms with Gasteiger partial charge < -0.3 is 10.1 Å². The van der Waals surface area contributed by atoms with Gasteiger partial charge in [0, 0.05) is 0 Å². The van der Waals surface area contributed by atoms with Gasteiger partial charge in [0.25, 0.3) is 5.91 Å². The fourth-order valence-corrected chi connectivity index (χ4v) is 2.49. The predicted octanol–water partition coefficient (Wildman–Crippen LogP) is 2.65. The molecule has 1 fully saturated rings. The van der Waals surface area contributed by atoms with Crippen LogP contribution in [0.4, 0.5) is 0 Å². The molecule has 1 aromatic rings. The van der Waals surface area contributed by atoms with Gasteiger partial charge in [0.05, 0.1) is 6.07 Å². The number of para-hydroxylation sites is 1. The molecule has 1 saturated carbocycles. The highest BCUT2D eigenvalue weighted by molar-refractivity contribution is 5.78. The fourth-order valence-electron chi connectivity index (χ4n) is 2.49. The molecule has 1 aromatic carbocycles. The van der Waals surface area contributed by atoms with Crippen LogP contribution in [0.25, 0.3) is 0 Å². The molecule has 2 rings (SSSR count). The third kappa shape index (κ3) is 3.74. The van der Waals surface area contributed by atoms with Crippen LogP contribution in [0, 0.1) is 17.2 Å². The first kappa shape index (κ1) is 14.4. The van der Waals surface area contributed by atoms with Crippen molar-refractivity contribution in [1.82, 2.24) is 5.32 Å². The summed E-state index contributed by atoms with van der Waals surface area (Å²) < 4.78 is 5.40. The van der Waals surface area contributed by atoms with E-state index >= 15 is 0 Å². The van der Waals surface area contributed by atoms with Gasteiger partial charge in [0.2, 0.25) is 0 Å². The average molecular weight is 272 g/mol. The molecule has 0 aromatic heterocycles. The molecule has 0 saturated heterocycles. The second-order valence-corrected chi connectivity index (χ2v) is 5.53. The standard InChI is InChI=1S/C16H20N2O2/c1-13-7-9-16(12-17,10-8-13)18-15(19)11-20-14-5-3-2-4-6-14/h2-6,13H,7-11H2,1H3,(H,18,19). The zero-order valence-corrected chi connectivity index (χ0v) is 11.8. The second kappa shape index (κ2) is 6.42. The number of carbonyl (C=O) groups excluding carboxylic acids is 1. The molecule has 0 atom stereocenters. The van der Waals surface area contributed by atoms with Crippen LogP contribution in [-0.4, -0.2) is 18.1 Å². The molecular weight excluding hydrogens is 252 g/mol. The number of ether oxygens (including phenoxy) is 1. The van der Waals surface area contributed by atoms with Gasteiger partial charge in [-0.15, -0.1) is 0 Å². The highest BCUT2D eigenvalue weighted by Gasteiger charge is 2.35. The first-order chi connectivity index (χ1) is 9.63. The molecule has 4 heteroatoms. The largest absolute Gasteiger partial charge is 0.484 e. The van der Waals surface area contributed by atoms with Crippen molar-refractivity contribution in [3.8, 4) is 11.8 Å². The SMILES string of the molecule is CC1CCC(C#N)(NC(=O)COc2ccccc2)CC1. The van der Waals surface area contributed by atoms with Gasteiger partial charge in [-0.05, 0) is 43.7 Å². The number of hydrogen-bond acceptors (Lipinski definition) is 3. The van der Waals surface area contributed by atoms with Crippen molar-refractivity contribution in [3.05, 3.63) is 30.3 Å². The summed E-state index contributed by atoms with van der Waals surface area (Å²) >= 11 is 0. The van der Waals surface area contributed by atoms with E-state index < -0.39 is 5.54 Å². The third-order valence-corrected chi connectivity index (χ3v) is 3.83. The van der Waals surface area contributed by atoms with Crippen molar-refractivity contribution in [3.63, 3.8) is 0 Å². The molecule has 0 aliphatic heterocycles. The molecular formula is C16H20N2O2. The van der Waals surface area contributed by atoms with Crippen LogP contribution in [0.5, 0.6) is 5.75 Å². The van der Waals surface area contributed by atoms with Crippen molar-refractivity contribution >= 4 is 5.91 Å². The topological polar surface area (TPSA) is 62.1 Å². The molecule has 20 heavy (non-hydrogen) atoms. The predicted molar refractivity (Wildman–Crippen MR) is 76.1 cm³/mol. The van der Waals surface area contributed by atoms with Crippen LogP contribution < -0.4 is 10.1 Å². The van der Waals surface area contributed by atoms with Crippen molar-refractivity contribution in [2.75, 3.05) is 6.61 Å². The Morgan fingerprint density at radius 2 is 2.05 bits per heavy atom. The molecule has 0 spiro atoms. The number of hydrogen-bond donors (Lipinski definition) is 1. The van der Waals surface area contributed by atoms with E-state index in [1.807, 2.05) is 18.2 Å². The van der Waals surface area contributed by atoms with E-state index in [0.717, 1.165) is 25.7 Å². The quantitative estimate of drug-likeness (QED) is 0.916. The Morgan fingerprint density at radius 3 is 2.65 bits per heavy atom. The summed E-state index contributed by atoms with van der Waals surface area (Å²) in [6.07, 6.45) is 3.41. The molecule has 106 valence electrons. The van der Waals surface area contributed by atoms with E-state index in [2.05, 4.69) is 18.3 Å². The normalized spacial score (nSPS) is 25.5. The summed E-state index contributed by atoms with van der Waals surface area (Å²) in [5, 5.41) is 12.2. The summed E-state index contributed by atoms with van der Waals surface area (Å²) in [6.45, 7) is 2.13. The monoisotopic (exact) mass is 272 g/mol. The summed E-state index contributed by atoms with van der Waals surface area (Å²) in [4.78, 5) is 11.9. The van der Waals surface area contributed by atoms with E-state index in [1.54, 1.807) is 12.1 Å². The van der Waals surface area contributed by atoms with Crippen molar-refractivity contribution in [1.29, 1.82) is 5.26 Å². The smallest absolute Gasteiger partial charge is 0.259 e. The Morgan fingerprint density at radius 1 is 1.40 bits per heavy atom. The van der Waals surface area contributed by atoms with Crippen molar-refractivity contribution in [2.45, 2.75) is 38.1 Å². The number of nitrogens with zero attached hydrogens (tertiary/aromatic N) is 1. The van der Waals surface area contributed by atoms with Gasteiger partial charge in [0.1, 0.15) is 11.3 Å². The molecule has 4 nitrogen and oxygen atoms in total. The summed E-state index contributed by atoms with van der Waals surface area (Å²) in [5.74, 6) is 1.06. The van der Waals surface area contributed by atoms with Crippen LogP contribution >= 0.6 is 0 Å². The Hall–Kier alpha value is -2.02. The summed E-state index contributed by atoms with van der Waals surface area (Å²) in [6, 6.07) is 11.5. The number of amides is 1. The number of rotatable bonds is 4. The Bertz CT molecular complexity index is 485. The van der Waals surface area contributed by atoms with Crippen molar-refractivity contribution < 1.29 is 9.53 Å². The first-order valence-corrected chi connectivity index (χ1v) is 7.04. The maximum atomic E-state index is 11.9. The van der Waals surface area contributed by atoms with Gasteiger partial charge in [-0.3, -0.25) is 4.79 Å². The Kier molecular flexibility index (Phi) is 4.62. The molecule has 1 N–H and O–H groups in total. The van der Waals surface area contributed by atoms with Gasteiger partial charge in [-0.2, -0.15) is 5.26 Å². The molecule has 1 amide bonds. The van der Waals surface area contributed by atoms with Crippen LogP contribution in [0.1, 0.15) is 32.6 Å². The highest BCUT2D eigenvalue weighted by atomic mass is 16.5. The molecule has 0 bridgehead atoms. The molecule has 0 radical (unpaired) electrons. The lowest BCUT2D eigenvalue weighted by Crippen LogP contribution is -2.50. The second-order valence-electron chi connectivity index (χ2n) is 5.53. The number of nitrogens with one attached hydrogen (secondary N) is 1. The number of nitriles is 1. The number of benzene rings is 1. The highest BCUT2D eigenvalue weighted by Crippen LogP contribution is 2.31. The average Bonchev–Trinajstić information content (AvgIpc) is 2.49. The van der Waals surface area contributed by atoms with Gasteiger partial charge in [-0.1, -0.05) is 25.1 Å². The van der Waals surface area contributed by atoms with E-state index in [-0.39, 0.29) is 12.5 Å². The van der Waals surface area contributed by atoms with Gasteiger partial charge >= 0.3 is 0 Å². The third-order valence-electron chi connectivity index (χ3n) is 3.83. The van der Waals surface area contributed by atoms with Crippen LogP contribution in [-0.2, 0) is 4.79 Å². The Balaban J connectivity index is 1.85. The van der Waals surface area contributed by atoms with E-state index in [0.29, 0.717) is 11.7 Å². The summed E-state index contributed by atoms with van der Waals surface area (Å²) in [7, 11) is 0. The lowest BCUT2D eigenvalue weighted by molar-refractivity contribution is -0.124. The van der Waals surface area contributed by atoms with Crippen LogP contribution in [0.3, 0.4) is 0 Å². The minimum Gasteiger partial charge on any atom is -0.484 e. The number of carbonyl (C=O) groups is 1. The molecule has 1 aliphatic carbocycles. The van der Waals surface area contributed by atoms with Crippen LogP contribution in [0.2, 0.25) is 0 Å². The lowest BCUT2D eigenvalue weighted by Gasteiger charge is -2.34. The van der Waals surface area contributed by atoms with Crippen molar-refractivity contribution in [2.24, 2.45) is 5.92 Å². The minimum absolute atomic E-state index is 0.0526. The molecule has 0 unspecified atom stereocenters. The van der Waals surface area contributed by atoms with E-state index in [4.69, 9.17) is 4.74 Å². The lowest BCUT2D eigenvalue weighted by atomic mass is 9.78. The van der Waals surface area contributed by atoms with E-state index in [9.17, 15) is 10.1 Å². The van der Waals surface area contributed by atoms with Crippen LogP contribution in [0.15, 0.2) is 30.3 Å². The van der Waals surface area contributed by atoms with E-state index in [1.165, 1.54) is 0 Å². The zero-order chi connectivity index (χ0) is 14.4. The molecule has 1 aliphatic rings. The Labute approximate surface area is 119 Å². The summed E-state index contributed by atoms with van der Waals surface area (Å²) in [5.41, 5.74) is -0.705. The minimum atomic E-state index is -0.705. The van der Waals surface area contributed by atoms with Gasteiger partial charge in [-0.25, -0.2) is 0 Å². The zero-order valence-electron chi connectivity index (χ0n) is 11.8. The fraction of sp³-hybridized carbons (Fsp3) is 0.500. The molecule has 0 heterocycles. The van der Waals surface area contributed by atoms with Gasteiger partial charge in [0.15, 0.2) is 6.61 Å². The maximum Gasteiger partial charge on any atom is 0.259 e. The maximum absolute atomic E-state index is 11.9.